The average Bonchev–Trinajstić information content (AvgIpc) is 3.15. The predicted octanol–water partition coefficient (Wildman–Crippen LogP) is 2.19. The van der Waals surface area contributed by atoms with E-state index in [-0.39, 0.29) is 12.4 Å². The molecule has 1 fully saturated rings. The lowest BCUT2D eigenvalue weighted by Gasteiger charge is -2.33. The molecule has 136 valence electrons. The summed E-state index contributed by atoms with van der Waals surface area (Å²) in [6, 6.07) is 2.79. The Bertz CT molecular complexity index is 786. The Morgan fingerprint density at radius 2 is 2.12 bits per heavy atom. The second kappa shape index (κ2) is 6.15. The molecule has 4 heterocycles. The topological polar surface area (TPSA) is 78.0 Å². The predicted molar refractivity (Wildman–Crippen MR) is 87.2 cm³/mol. The summed E-state index contributed by atoms with van der Waals surface area (Å²) in [6.07, 6.45) is -2.42. The smallest absolute Gasteiger partial charge is 0.383 e. The van der Waals surface area contributed by atoms with Crippen LogP contribution in [0.1, 0.15) is 17.7 Å². The molecule has 0 aromatic carbocycles. The molecule has 3 N–H and O–H groups in total. The molecule has 1 spiro atoms. The van der Waals surface area contributed by atoms with Crippen LogP contribution in [0.15, 0.2) is 18.3 Å². The second-order valence-corrected chi connectivity index (χ2v) is 6.06. The highest BCUT2D eigenvalue weighted by Gasteiger charge is 2.42. The van der Waals surface area contributed by atoms with Crippen molar-refractivity contribution >= 4 is 18.2 Å². The quantitative estimate of drug-likeness (QED) is 0.799. The fraction of sp³-hybridized carbons (Fsp3) is 0.467. The maximum absolute atomic E-state index is 13.0. The summed E-state index contributed by atoms with van der Waals surface area (Å²) in [5.74, 6) is -0.532. The molecular weight excluding hydrogens is 359 g/mol. The van der Waals surface area contributed by atoms with Gasteiger partial charge in [-0.15, -0.1) is 12.4 Å². The van der Waals surface area contributed by atoms with Crippen LogP contribution >= 0.6 is 12.4 Å². The van der Waals surface area contributed by atoms with E-state index in [4.69, 9.17) is 10.5 Å². The first-order chi connectivity index (χ1) is 11.4. The molecule has 0 bridgehead atoms. The molecule has 2 aromatic heterocycles. The molecule has 1 saturated heterocycles. The third kappa shape index (κ3) is 2.96. The highest BCUT2D eigenvalue weighted by atomic mass is 35.5. The number of fused-ring (bicyclic) bond motifs is 2. The lowest BCUT2D eigenvalue weighted by molar-refractivity contribution is -0.137. The Morgan fingerprint density at radius 3 is 2.80 bits per heavy atom. The summed E-state index contributed by atoms with van der Waals surface area (Å²) < 4.78 is 46.9. The molecule has 6 nitrogen and oxygen atoms in total. The zero-order chi connectivity index (χ0) is 16.9. The number of pyridine rings is 1. The van der Waals surface area contributed by atoms with Crippen LogP contribution in [-0.4, -0.2) is 34.5 Å². The van der Waals surface area contributed by atoms with E-state index in [1.165, 1.54) is 6.20 Å². The highest BCUT2D eigenvalue weighted by molar-refractivity contribution is 5.85. The summed E-state index contributed by atoms with van der Waals surface area (Å²) in [6.45, 7) is 2.61. The van der Waals surface area contributed by atoms with E-state index in [0.29, 0.717) is 31.0 Å². The summed E-state index contributed by atoms with van der Waals surface area (Å²) >= 11 is 0. The number of alkyl halides is 3. The molecule has 1 atom stereocenters. The third-order valence-electron chi connectivity index (χ3n) is 4.56. The Morgan fingerprint density at radius 1 is 1.32 bits per heavy atom. The monoisotopic (exact) mass is 375 g/mol. The fourth-order valence-electron chi connectivity index (χ4n) is 3.35. The van der Waals surface area contributed by atoms with Crippen molar-refractivity contribution in [3.63, 3.8) is 0 Å². The zero-order valence-corrected chi connectivity index (χ0v) is 14.0. The van der Waals surface area contributed by atoms with E-state index in [0.717, 1.165) is 24.7 Å². The van der Waals surface area contributed by atoms with Crippen molar-refractivity contribution in [2.75, 3.05) is 25.4 Å². The van der Waals surface area contributed by atoms with Crippen molar-refractivity contribution in [1.29, 1.82) is 0 Å². The summed E-state index contributed by atoms with van der Waals surface area (Å²) in [7, 11) is 0. The Balaban J connectivity index is 0.00000182. The molecule has 2 aromatic rings. The number of rotatable bonds is 1. The summed E-state index contributed by atoms with van der Waals surface area (Å²) in [5.41, 5.74) is 5.59. The van der Waals surface area contributed by atoms with Gasteiger partial charge in [-0.05, 0) is 25.1 Å². The maximum Gasteiger partial charge on any atom is 0.419 e. The fourth-order valence-corrected chi connectivity index (χ4v) is 3.35. The third-order valence-corrected chi connectivity index (χ3v) is 4.56. The number of nitrogens with zero attached hydrogens (tertiary/aromatic N) is 3. The molecule has 0 unspecified atom stereocenters. The van der Waals surface area contributed by atoms with E-state index in [1.54, 1.807) is 6.07 Å². The molecule has 2 aliphatic rings. The number of hydrogen-bond acceptors (Lipinski definition) is 5. The van der Waals surface area contributed by atoms with Gasteiger partial charge in [0.25, 0.3) is 0 Å². The van der Waals surface area contributed by atoms with Crippen LogP contribution in [0.3, 0.4) is 0 Å². The van der Waals surface area contributed by atoms with Crippen LogP contribution in [0, 0.1) is 0 Å². The van der Waals surface area contributed by atoms with Gasteiger partial charge in [0.2, 0.25) is 0 Å². The van der Waals surface area contributed by atoms with Crippen LogP contribution < -0.4 is 11.1 Å². The zero-order valence-electron chi connectivity index (χ0n) is 13.1. The van der Waals surface area contributed by atoms with Crippen molar-refractivity contribution < 1.29 is 17.9 Å². The Hall–Kier alpha value is -1.84. The molecule has 10 heteroatoms. The number of nitrogen functional groups attached to an aromatic ring is 1. The van der Waals surface area contributed by atoms with Crippen molar-refractivity contribution in [2.45, 2.75) is 24.7 Å². The molecule has 4 rings (SSSR count). The van der Waals surface area contributed by atoms with Gasteiger partial charge in [-0.3, -0.25) is 4.68 Å². The van der Waals surface area contributed by atoms with Gasteiger partial charge >= 0.3 is 6.18 Å². The molecule has 0 radical (unpaired) electrons. The summed E-state index contributed by atoms with van der Waals surface area (Å²) in [4.78, 5) is 3.68. The van der Waals surface area contributed by atoms with E-state index < -0.39 is 23.2 Å². The molecule has 25 heavy (non-hydrogen) atoms. The van der Waals surface area contributed by atoms with Gasteiger partial charge in [-0.2, -0.15) is 18.3 Å². The number of nitrogens with two attached hydrogens (primary N) is 1. The molecule has 0 amide bonds. The van der Waals surface area contributed by atoms with Gasteiger partial charge in [0.15, 0.2) is 0 Å². The molecular formula is C15H17ClF3N5O. The van der Waals surface area contributed by atoms with E-state index in [1.807, 2.05) is 4.68 Å². The van der Waals surface area contributed by atoms with E-state index >= 15 is 0 Å². The highest BCUT2D eigenvalue weighted by Crippen LogP contribution is 2.38. The first-order valence-corrected chi connectivity index (χ1v) is 7.65. The number of nitrogens with one attached hydrogen (secondary N) is 1. The van der Waals surface area contributed by atoms with Crippen LogP contribution in [0.25, 0.3) is 11.3 Å². The van der Waals surface area contributed by atoms with Gasteiger partial charge in [-0.25, -0.2) is 4.98 Å². The number of halogens is 4. The van der Waals surface area contributed by atoms with Crippen LogP contribution in [0.5, 0.6) is 0 Å². The normalized spacial score (nSPS) is 22.7. The van der Waals surface area contributed by atoms with Gasteiger partial charge in [0.05, 0.1) is 30.1 Å². The van der Waals surface area contributed by atoms with Crippen molar-refractivity contribution in [2.24, 2.45) is 0 Å². The Labute approximate surface area is 148 Å². The average molecular weight is 376 g/mol. The second-order valence-electron chi connectivity index (χ2n) is 6.06. The minimum atomic E-state index is -4.55. The van der Waals surface area contributed by atoms with Gasteiger partial charge < -0.3 is 15.8 Å². The van der Waals surface area contributed by atoms with Gasteiger partial charge in [-0.1, -0.05) is 0 Å². The van der Waals surface area contributed by atoms with Crippen LogP contribution in [0.2, 0.25) is 0 Å². The van der Waals surface area contributed by atoms with Gasteiger partial charge in [0, 0.05) is 18.3 Å². The van der Waals surface area contributed by atoms with Crippen molar-refractivity contribution in [3.8, 4) is 11.3 Å². The van der Waals surface area contributed by atoms with Crippen molar-refractivity contribution in [1.82, 2.24) is 20.1 Å². The lowest BCUT2D eigenvalue weighted by Crippen LogP contribution is -2.40. The maximum atomic E-state index is 13.0. The lowest BCUT2D eigenvalue weighted by atomic mass is 9.96. The number of ether oxygens (including phenoxy) is 1. The minimum absolute atomic E-state index is 0. The standard InChI is InChI=1S/C15H16F3N5O.ClH/c16-15(17,18)10-5-9(7-21-13(10)19)11-6-12-14(1-2-20-8-14)24-4-3-23(12)22-11;/h5-7,20H,1-4,8H2,(H2,19,21);1H/t14-;/m0./s1. The molecule has 2 aliphatic heterocycles. The molecule has 0 saturated carbocycles. The Kier molecular flexibility index (Phi) is 4.42. The van der Waals surface area contributed by atoms with Crippen LogP contribution in [-0.2, 0) is 23.1 Å². The van der Waals surface area contributed by atoms with E-state index in [2.05, 4.69) is 15.4 Å². The number of aromatic nitrogens is 3. The van der Waals surface area contributed by atoms with E-state index in [9.17, 15) is 13.2 Å². The largest absolute Gasteiger partial charge is 0.419 e. The first kappa shape index (κ1) is 18.0. The summed E-state index contributed by atoms with van der Waals surface area (Å²) in [5, 5.41) is 7.72. The van der Waals surface area contributed by atoms with Crippen molar-refractivity contribution in [3.05, 3.63) is 29.6 Å². The SMILES string of the molecule is Cl.Nc1ncc(-c2cc3n(n2)CCO[C@]32CCNC2)cc1C(F)(F)F. The number of hydrogen-bond donors (Lipinski definition) is 2. The minimum Gasteiger partial charge on any atom is -0.383 e. The van der Waals surface area contributed by atoms with Gasteiger partial charge in [0.1, 0.15) is 11.4 Å². The molecule has 0 aliphatic carbocycles. The number of anilines is 1. The first-order valence-electron chi connectivity index (χ1n) is 7.65. The van der Waals surface area contributed by atoms with Crippen LogP contribution in [0.4, 0.5) is 19.0 Å².